The average Bonchev–Trinajstić information content (AvgIpc) is 2.36. The lowest BCUT2D eigenvalue weighted by molar-refractivity contribution is 0.1000. The van der Waals surface area contributed by atoms with E-state index < -0.39 is 5.91 Å². The zero-order chi connectivity index (χ0) is 14.7. The normalized spacial score (nSPS) is 10.5. The van der Waals surface area contributed by atoms with Crippen LogP contribution in [0.4, 0.5) is 10.2 Å². The number of hydrogen-bond acceptors (Lipinski definition) is 5. The van der Waals surface area contributed by atoms with Crippen molar-refractivity contribution in [2.24, 2.45) is 5.73 Å². The average molecular weight is 292 g/mol. The number of nitrogens with zero attached hydrogens (tertiary/aromatic N) is 2. The van der Waals surface area contributed by atoms with E-state index in [1.54, 1.807) is 25.1 Å². The molecule has 1 heterocycles. The SMILES string of the molecule is Cc1nc(CSc2ccccc2F)nc(N)c1C(N)=O. The number of carbonyl (C=O) groups excluding carboxylic acids is 1. The summed E-state index contributed by atoms with van der Waals surface area (Å²) >= 11 is 1.26. The van der Waals surface area contributed by atoms with Gasteiger partial charge in [0.15, 0.2) is 0 Å². The molecule has 4 N–H and O–H groups in total. The van der Waals surface area contributed by atoms with Gasteiger partial charge in [-0.1, -0.05) is 12.1 Å². The lowest BCUT2D eigenvalue weighted by Gasteiger charge is -2.08. The summed E-state index contributed by atoms with van der Waals surface area (Å²) in [4.78, 5) is 19.9. The zero-order valence-corrected chi connectivity index (χ0v) is 11.6. The van der Waals surface area contributed by atoms with Crippen LogP contribution in [0.2, 0.25) is 0 Å². The van der Waals surface area contributed by atoms with E-state index in [4.69, 9.17) is 11.5 Å². The number of benzene rings is 1. The van der Waals surface area contributed by atoms with Gasteiger partial charge in [0.1, 0.15) is 23.0 Å². The lowest BCUT2D eigenvalue weighted by atomic mass is 10.2. The summed E-state index contributed by atoms with van der Waals surface area (Å²) in [5.74, 6) is -0.123. The molecule has 2 rings (SSSR count). The van der Waals surface area contributed by atoms with Gasteiger partial charge >= 0.3 is 0 Å². The largest absolute Gasteiger partial charge is 0.383 e. The Balaban J connectivity index is 2.19. The molecule has 1 aromatic heterocycles. The fraction of sp³-hybridized carbons (Fsp3) is 0.154. The van der Waals surface area contributed by atoms with Crippen LogP contribution in [-0.4, -0.2) is 15.9 Å². The number of carbonyl (C=O) groups is 1. The van der Waals surface area contributed by atoms with Gasteiger partial charge in [-0.15, -0.1) is 11.8 Å². The molecule has 1 amide bonds. The molecule has 2 aromatic rings. The number of amides is 1. The van der Waals surface area contributed by atoms with E-state index in [2.05, 4.69) is 9.97 Å². The summed E-state index contributed by atoms with van der Waals surface area (Å²) in [5, 5.41) is 0. The van der Waals surface area contributed by atoms with Crippen LogP contribution in [0.15, 0.2) is 29.2 Å². The van der Waals surface area contributed by atoms with Crippen LogP contribution in [0.5, 0.6) is 0 Å². The Bertz CT molecular complexity index is 640. The highest BCUT2D eigenvalue weighted by Crippen LogP contribution is 2.25. The van der Waals surface area contributed by atoms with Crippen molar-refractivity contribution < 1.29 is 9.18 Å². The van der Waals surface area contributed by atoms with E-state index >= 15 is 0 Å². The van der Waals surface area contributed by atoms with Gasteiger partial charge in [0.2, 0.25) is 0 Å². The first-order chi connectivity index (χ1) is 9.49. The molecule has 20 heavy (non-hydrogen) atoms. The molecule has 0 bridgehead atoms. The molecule has 1 aromatic carbocycles. The molecule has 0 atom stereocenters. The molecule has 0 fully saturated rings. The molecule has 0 spiro atoms. The number of hydrogen-bond donors (Lipinski definition) is 2. The monoisotopic (exact) mass is 292 g/mol. The molecule has 0 saturated carbocycles. The van der Waals surface area contributed by atoms with Crippen molar-refractivity contribution >= 4 is 23.5 Å². The van der Waals surface area contributed by atoms with Gasteiger partial charge in [0.25, 0.3) is 5.91 Å². The smallest absolute Gasteiger partial charge is 0.254 e. The van der Waals surface area contributed by atoms with E-state index in [0.29, 0.717) is 22.2 Å². The molecule has 0 saturated heterocycles. The van der Waals surface area contributed by atoms with Crippen molar-refractivity contribution in [1.29, 1.82) is 0 Å². The second-order valence-electron chi connectivity index (χ2n) is 4.07. The second-order valence-corrected chi connectivity index (χ2v) is 5.09. The Morgan fingerprint density at radius 2 is 2.05 bits per heavy atom. The summed E-state index contributed by atoms with van der Waals surface area (Å²) < 4.78 is 13.5. The van der Waals surface area contributed by atoms with Gasteiger partial charge in [-0.3, -0.25) is 4.79 Å². The maximum absolute atomic E-state index is 13.5. The highest BCUT2D eigenvalue weighted by atomic mass is 32.2. The van der Waals surface area contributed by atoms with Gasteiger partial charge in [0.05, 0.1) is 11.4 Å². The molecular formula is C13H13FN4OS. The number of primary amides is 1. The minimum Gasteiger partial charge on any atom is -0.383 e. The summed E-state index contributed by atoms with van der Waals surface area (Å²) in [6, 6.07) is 6.44. The molecule has 7 heteroatoms. The number of aryl methyl sites for hydroxylation is 1. The third-order valence-electron chi connectivity index (χ3n) is 2.60. The standard InChI is InChI=1S/C13H13FN4OS/c1-7-11(13(16)19)12(15)18-10(17-7)6-20-9-5-3-2-4-8(9)14/h2-5H,6H2,1H3,(H2,16,19)(H2,15,17,18). The van der Waals surface area contributed by atoms with Crippen LogP contribution >= 0.6 is 11.8 Å². The Hall–Kier alpha value is -2.15. The van der Waals surface area contributed by atoms with Crippen molar-refractivity contribution in [1.82, 2.24) is 9.97 Å². The van der Waals surface area contributed by atoms with E-state index in [0.717, 1.165) is 0 Å². The van der Waals surface area contributed by atoms with E-state index in [9.17, 15) is 9.18 Å². The molecule has 0 unspecified atom stereocenters. The van der Waals surface area contributed by atoms with Crippen LogP contribution in [0.25, 0.3) is 0 Å². The number of anilines is 1. The fourth-order valence-corrected chi connectivity index (χ4v) is 2.52. The number of halogens is 1. The van der Waals surface area contributed by atoms with Crippen LogP contribution in [0.3, 0.4) is 0 Å². The third kappa shape index (κ3) is 3.05. The minimum atomic E-state index is -0.659. The first-order valence-electron chi connectivity index (χ1n) is 5.79. The van der Waals surface area contributed by atoms with Crippen LogP contribution in [0.1, 0.15) is 21.9 Å². The van der Waals surface area contributed by atoms with Gasteiger partial charge < -0.3 is 11.5 Å². The quantitative estimate of drug-likeness (QED) is 0.839. The van der Waals surface area contributed by atoms with Gasteiger partial charge in [0, 0.05) is 4.90 Å². The molecule has 0 radical (unpaired) electrons. The summed E-state index contributed by atoms with van der Waals surface area (Å²) in [5.41, 5.74) is 11.4. The second kappa shape index (κ2) is 5.87. The lowest BCUT2D eigenvalue weighted by Crippen LogP contribution is -2.18. The predicted octanol–water partition coefficient (Wildman–Crippen LogP) is 1.90. The van der Waals surface area contributed by atoms with E-state index in [1.807, 2.05) is 0 Å². The number of thioether (sulfide) groups is 1. The third-order valence-corrected chi connectivity index (χ3v) is 3.65. The summed E-state index contributed by atoms with van der Waals surface area (Å²) in [6.45, 7) is 1.63. The number of nitrogen functional groups attached to an aromatic ring is 1. The molecular weight excluding hydrogens is 279 g/mol. The molecule has 0 aliphatic heterocycles. The summed E-state index contributed by atoms with van der Waals surface area (Å²) in [6.07, 6.45) is 0. The van der Waals surface area contributed by atoms with Crippen molar-refractivity contribution in [2.75, 3.05) is 5.73 Å². The van der Waals surface area contributed by atoms with Crippen LogP contribution < -0.4 is 11.5 Å². The van der Waals surface area contributed by atoms with Crippen molar-refractivity contribution in [3.63, 3.8) is 0 Å². The first kappa shape index (κ1) is 14.3. The van der Waals surface area contributed by atoms with Gasteiger partial charge in [-0.05, 0) is 19.1 Å². The minimum absolute atomic E-state index is 0.0501. The zero-order valence-electron chi connectivity index (χ0n) is 10.8. The van der Waals surface area contributed by atoms with Crippen LogP contribution in [-0.2, 0) is 5.75 Å². The Morgan fingerprint density at radius 1 is 1.35 bits per heavy atom. The maximum Gasteiger partial charge on any atom is 0.254 e. The van der Waals surface area contributed by atoms with Crippen molar-refractivity contribution in [2.45, 2.75) is 17.6 Å². The molecule has 0 aliphatic rings. The molecule has 5 nitrogen and oxygen atoms in total. The van der Waals surface area contributed by atoms with Crippen molar-refractivity contribution in [3.05, 3.63) is 47.2 Å². The highest BCUT2D eigenvalue weighted by Gasteiger charge is 2.14. The summed E-state index contributed by atoms with van der Waals surface area (Å²) in [7, 11) is 0. The number of aromatic nitrogens is 2. The molecule has 104 valence electrons. The van der Waals surface area contributed by atoms with Crippen molar-refractivity contribution in [3.8, 4) is 0 Å². The Kier molecular flexibility index (Phi) is 4.19. The topological polar surface area (TPSA) is 94.9 Å². The van der Waals surface area contributed by atoms with E-state index in [-0.39, 0.29) is 17.2 Å². The first-order valence-corrected chi connectivity index (χ1v) is 6.77. The van der Waals surface area contributed by atoms with Gasteiger partial charge in [-0.2, -0.15) is 0 Å². The Morgan fingerprint density at radius 3 is 2.65 bits per heavy atom. The molecule has 0 aliphatic carbocycles. The van der Waals surface area contributed by atoms with E-state index in [1.165, 1.54) is 17.8 Å². The van der Waals surface area contributed by atoms with Gasteiger partial charge in [-0.25, -0.2) is 14.4 Å². The highest BCUT2D eigenvalue weighted by molar-refractivity contribution is 7.98. The van der Waals surface area contributed by atoms with Crippen LogP contribution in [0, 0.1) is 12.7 Å². The maximum atomic E-state index is 13.5. The predicted molar refractivity (Wildman–Crippen MR) is 75.7 cm³/mol. The Labute approximate surface area is 119 Å². The number of nitrogens with two attached hydrogens (primary N) is 2. The number of rotatable bonds is 4. The fourth-order valence-electron chi connectivity index (χ4n) is 1.73.